The van der Waals surface area contributed by atoms with Gasteiger partial charge in [-0.2, -0.15) is 0 Å². The minimum atomic E-state index is 0.763. The first-order chi connectivity index (χ1) is 6.88. The average Bonchev–Trinajstić information content (AvgIpc) is 2.24. The molecule has 0 spiro atoms. The molecule has 2 nitrogen and oxygen atoms in total. The van der Waals surface area contributed by atoms with Crippen LogP contribution in [0.3, 0.4) is 0 Å². The van der Waals surface area contributed by atoms with Gasteiger partial charge in [0.2, 0.25) is 0 Å². The quantitative estimate of drug-likeness (QED) is 0.719. The Kier molecular flexibility index (Phi) is 5.11. The van der Waals surface area contributed by atoms with Gasteiger partial charge in [-0.3, -0.25) is 0 Å². The Morgan fingerprint density at radius 1 is 0.929 bits per heavy atom. The van der Waals surface area contributed by atoms with Gasteiger partial charge in [0.1, 0.15) is 0 Å². The van der Waals surface area contributed by atoms with E-state index in [4.69, 9.17) is 24.4 Å². The van der Waals surface area contributed by atoms with E-state index in [1.54, 1.807) is 0 Å². The molecule has 0 saturated heterocycles. The molecule has 0 saturated carbocycles. The number of benzene rings is 1. The van der Waals surface area contributed by atoms with Gasteiger partial charge in [0.15, 0.2) is 0 Å². The van der Waals surface area contributed by atoms with E-state index in [1.807, 2.05) is 12.1 Å². The normalized spacial score (nSPS) is 9.14. The molecule has 74 valence electrons. The van der Waals surface area contributed by atoms with E-state index < -0.39 is 0 Å². The van der Waals surface area contributed by atoms with Crippen LogP contribution in [0, 0.1) is 0 Å². The Morgan fingerprint density at radius 2 is 1.36 bits per heavy atom. The van der Waals surface area contributed by atoms with Gasteiger partial charge in [-0.15, -0.1) is 0 Å². The molecule has 0 radical (unpaired) electrons. The zero-order valence-corrected chi connectivity index (χ0v) is 9.33. The van der Waals surface area contributed by atoms with Crippen molar-refractivity contribution in [2.45, 2.75) is 13.1 Å². The van der Waals surface area contributed by atoms with Crippen LogP contribution in [0.1, 0.15) is 11.1 Å². The number of thiocarbonyl (C=S) groups is 2. The summed E-state index contributed by atoms with van der Waals surface area (Å²) in [6.07, 6.45) is 0. The molecule has 0 unspecified atom stereocenters. The van der Waals surface area contributed by atoms with Crippen molar-refractivity contribution in [3.8, 4) is 0 Å². The molecule has 1 aromatic carbocycles. The van der Waals surface area contributed by atoms with Gasteiger partial charge in [0, 0.05) is 13.1 Å². The van der Waals surface area contributed by atoms with Gasteiger partial charge in [0.25, 0.3) is 0 Å². The largest absolute Gasteiger partial charge is 0.378 e. The van der Waals surface area contributed by atoms with Gasteiger partial charge in [-0.1, -0.05) is 48.7 Å². The molecular weight excluding hydrogens is 212 g/mol. The van der Waals surface area contributed by atoms with Crippen molar-refractivity contribution in [1.29, 1.82) is 0 Å². The fourth-order valence-corrected chi connectivity index (χ4v) is 1.37. The van der Waals surface area contributed by atoms with Crippen LogP contribution in [0.15, 0.2) is 24.3 Å². The third kappa shape index (κ3) is 3.40. The van der Waals surface area contributed by atoms with Crippen molar-refractivity contribution < 1.29 is 0 Å². The molecule has 0 bridgehead atoms. The molecule has 0 aliphatic heterocycles. The molecule has 4 heteroatoms. The lowest BCUT2D eigenvalue weighted by Gasteiger charge is -2.08. The Balaban J connectivity index is 2.68. The summed E-state index contributed by atoms with van der Waals surface area (Å²) in [7, 11) is 0. The lowest BCUT2D eigenvalue weighted by molar-refractivity contribution is 0.873. The Hall–Kier alpha value is -1.00. The Bertz CT molecular complexity index is 282. The zero-order valence-electron chi connectivity index (χ0n) is 7.69. The first-order valence-electron chi connectivity index (χ1n) is 4.29. The van der Waals surface area contributed by atoms with Crippen LogP contribution in [0.2, 0.25) is 0 Å². The van der Waals surface area contributed by atoms with Crippen LogP contribution in [0.5, 0.6) is 0 Å². The lowest BCUT2D eigenvalue weighted by atomic mass is 10.1. The van der Waals surface area contributed by atoms with Gasteiger partial charge < -0.3 is 10.6 Å². The number of nitrogens with one attached hydrogen (secondary N) is 2. The summed E-state index contributed by atoms with van der Waals surface area (Å²) in [5.74, 6) is 0. The Morgan fingerprint density at radius 3 is 1.71 bits per heavy atom. The van der Waals surface area contributed by atoms with E-state index in [0.29, 0.717) is 0 Å². The minimum Gasteiger partial charge on any atom is -0.378 e. The maximum Gasteiger partial charge on any atom is 0.0617 e. The fourth-order valence-electron chi connectivity index (χ4n) is 1.21. The Labute approximate surface area is 94.7 Å². The molecule has 14 heavy (non-hydrogen) atoms. The van der Waals surface area contributed by atoms with Crippen LogP contribution >= 0.6 is 24.4 Å². The average molecular weight is 224 g/mol. The maximum absolute atomic E-state index is 4.71. The summed E-state index contributed by atoms with van der Waals surface area (Å²) in [5, 5.41) is 6.01. The van der Waals surface area contributed by atoms with E-state index in [1.165, 1.54) is 22.1 Å². The van der Waals surface area contributed by atoms with Crippen molar-refractivity contribution in [3.63, 3.8) is 0 Å². The molecule has 0 aromatic heterocycles. The molecule has 1 rings (SSSR count). The van der Waals surface area contributed by atoms with Crippen LogP contribution in [0.25, 0.3) is 0 Å². The highest BCUT2D eigenvalue weighted by molar-refractivity contribution is 7.79. The van der Waals surface area contributed by atoms with Gasteiger partial charge in [-0.05, 0) is 11.1 Å². The van der Waals surface area contributed by atoms with Crippen molar-refractivity contribution in [3.05, 3.63) is 35.4 Å². The number of rotatable bonds is 6. The predicted molar refractivity (Wildman–Crippen MR) is 67.4 cm³/mol. The summed E-state index contributed by atoms with van der Waals surface area (Å²) < 4.78 is 0. The van der Waals surface area contributed by atoms with E-state index in [-0.39, 0.29) is 0 Å². The van der Waals surface area contributed by atoms with E-state index in [2.05, 4.69) is 22.8 Å². The van der Waals surface area contributed by atoms with Crippen molar-refractivity contribution in [1.82, 2.24) is 10.6 Å². The van der Waals surface area contributed by atoms with Gasteiger partial charge in [-0.25, -0.2) is 0 Å². The number of hydrogen-bond acceptors (Lipinski definition) is 2. The minimum absolute atomic E-state index is 0.763. The summed E-state index contributed by atoms with van der Waals surface area (Å²) in [5.41, 5.74) is 5.53. The molecule has 0 amide bonds. The molecule has 0 fully saturated rings. The first-order valence-corrected chi connectivity index (χ1v) is 5.23. The SMILES string of the molecule is S=CNCc1ccccc1CNC=S. The van der Waals surface area contributed by atoms with Crippen molar-refractivity contribution >= 4 is 35.4 Å². The highest BCUT2D eigenvalue weighted by Crippen LogP contribution is 2.07. The smallest absolute Gasteiger partial charge is 0.0617 e. The number of hydrogen-bond donors (Lipinski definition) is 2. The third-order valence-corrected chi connectivity index (χ3v) is 2.20. The molecule has 0 heterocycles. The van der Waals surface area contributed by atoms with Crippen LogP contribution < -0.4 is 10.6 Å². The second-order valence-electron chi connectivity index (χ2n) is 2.77. The van der Waals surface area contributed by atoms with Gasteiger partial charge >= 0.3 is 0 Å². The molecular formula is C10H12N2S2. The van der Waals surface area contributed by atoms with Crippen molar-refractivity contribution in [2.24, 2.45) is 0 Å². The lowest BCUT2D eigenvalue weighted by Crippen LogP contribution is -2.14. The van der Waals surface area contributed by atoms with E-state index in [9.17, 15) is 0 Å². The second kappa shape index (κ2) is 6.45. The fraction of sp³-hybridized carbons (Fsp3) is 0.200. The summed E-state index contributed by atoms with van der Waals surface area (Å²) in [6, 6.07) is 8.18. The first kappa shape index (κ1) is 11.1. The van der Waals surface area contributed by atoms with Crippen LogP contribution in [-0.4, -0.2) is 11.0 Å². The monoisotopic (exact) mass is 224 g/mol. The summed E-state index contributed by atoms with van der Waals surface area (Å²) >= 11 is 9.41. The van der Waals surface area contributed by atoms with Gasteiger partial charge in [0.05, 0.1) is 11.0 Å². The predicted octanol–water partition coefficient (Wildman–Crippen LogP) is 1.78. The summed E-state index contributed by atoms with van der Waals surface area (Å²) in [6.45, 7) is 1.53. The topological polar surface area (TPSA) is 24.1 Å². The second-order valence-corrected chi connectivity index (χ2v) is 3.24. The van der Waals surface area contributed by atoms with E-state index in [0.717, 1.165) is 13.1 Å². The highest BCUT2D eigenvalue weighted by atomic mass is 32.1. The maximum atomic E-state index is 4.71. The molecule has 0 aliphatic carbocycles. The molecule has 0 atom stereocenters. The van der Waals surface area contributed by atoms with Crippen LogP contribution in [-0.2, 0) is 13.1 Å². The third-order valence-electron chi connectivity index (χ3n) is 1.87. The summed E-state index contributed by atoms with van der Waals surface area (Å²) in [4.78, 5) is 0. The molecule has 2 N–H and O–H groups in total. The van der Waals surface area contributed by atoms with E-state index >= 15 is 0 Å². The zero-order chi connectivity index (χ0) is 10.2. The standard InChI is InChI=1S/C10H12N2S2/c13-7-11-5-9-3-1-2-4-10(9)6-12-8-14/h1-4,7-8H,5-6H2,(H,11,13)(H,12,14). The molecule has 1 aromatic rings. The highest BCUT2D eigenvalue weighted by Gasteiger charge is 1.98. The van der Waals surface area contributed by atoms with Crippen LogP contribution in [0.4, 0.5) is 0 Å². The molecule has 0 aliphatic rings. The van der Waals surface area contributed by atoms with Crippen molar-refractivity contribution in [2.75, 3.05) is 0 Å².